The van der Waals surface area contributed by atoms with Gasteiger partial charge in [-0.05, 0) is 12.1 Å². The molecule has 0 heterocycles. The Bertz CT molecular complexity index is 824. The van der Waals surface area contributed by atoms with Gasteiger partial charge in [-0.25, -0.2) is 0 Å². The zero-order chi connectivity index (χ0) is 20.4. The number of nitro benzene ring substituents is 1. The fraction of sp³-hybridized carbons (Fsp3) is 0.278. The molecule has 0 bridgehead atoms. The number of nitrogens with one attached hydrogen (secondary N) is 3. The number of aliphatic imine (C=N–C) groups is 1. The molecule has 11 heteroatoms. The zero-order valence-electron chi connectivity index (χ0n) is 15.6. The summed E-state index contributed by atoms with van der Waals surface area (Å²) in [6.45, 7) is -1.82. The van der Waals surface area contributed by atoms with Crippen LogP contribution in [-0.2, 0) is 6.54 Å². The van der Waals surface area contributed by atoms with Crippen LogP contribution in [0.3, 0.4) is 0 Å². The molecule has 2 aromatic carbocycles. The average molecular weight is 521 g/mol. The number of hydrogen-bond acceptors (Lipinski definition) is 5. The van der Waals surface area contributed by atoms with Gasteiger partial charge in [0.1, 0.15) is 11.4 Å². The number of ether oxygens (including phenoxy) is 1. The topological polar surface area (TPSA) is 101 Å². The highest BCUT2D eigenvalue weighted by Crippen LogP contribution is 2.22. The quantitative estimate of drug-likeness (QED) is 0.117. The highest BCUT2D eigenvalue weighted by molar-refractivity contribution is 14.0. The van der Waals surface area contributed by atoms with Crippen molar-refractivity contribution in [2.24, 2.45) is 4.99 Å². The van der Waals surface area contributed by atoms with Crippen molar-refractivity contribution < 1.29 is 18.4 Å². The van der Waals surface area contributed by atoms with Crippen LogP contribution < -0.4 is 20.7 Å². The molecule has 0 aliphatic rings. The minimum atomic E-state index is -2.90. The Morgan fingerprint density at radius 1 is 1.14 bits per heavy atom. The highest BCUT2D eigenvalue weighted by atomic mass is 127. The molecule has 2 aromatic rings. The third-order valence-corrected chi connectivity index (χ3v) is 3.69. The minimum absolute atomic E-state index is 0. The van der Waals surface area contributed by atoms with Gasteiger partial charge in [-0.1, -0.05) is 30.3 Å². The second-order valence-corrected chi connectivity index (χ2v) is 5.54. The molecule has 0 aliphatic heterocycles. The number of benzene rings is 2. The maximum absolute atomic E-state index is 12.5. The third kappa shape index (κ3) is 8.05. The van der Waals surface area contributed by atoms with Crippen LogP contribution in [-0.4, -0.2) is 37.6 Å². The Morgan fingerprint density at radius 3 is 2.52 bits per heavy atom. The lowest BCUT2D eigenvalue weighted by Crippen LogP contribution is -2.39. The summed E-state index contributed by atoms with van der Waals surface area (Å²) in [5.74, 6) is 0.551. The largest absolute Gasteiger partial charge is 0.434 e. The van der Waals surface area contributed by atoms with Crippen LogP contribution in [0.5, 0.6) is 5.75 Å². The van der Waals surface area contributed by atoms with Gasteiger partial charge in [0.2, 0.25) is 0 Å². The van der Waals surface area contributed by atoms with Gasteiger partial charge in [0.25, 0.3) is 5.69 Å². The van der Waals surface area contributed by atoms with Gasteiger partial charge in [-0.3, -0.25) is 15.1 Å². The molecule has 0 aromatic heterocycles. The van der Waals surface area contributed by atoms with Crippen molar-refractivity contribution in [2.75, 3.05) is 25.5 Å². The Hall–Kier alpha value is -2.70. The molecular weight excluding hydrogens is 499 g/mol. The Labute approximate surface area is 183 Å². The van der Waals surface area contributed by atoms with Crippen molar-refractivity contribution in [1.82, 2.24) is 10.6 Å². The van der Waals surface area contributed by atoms with Crippen molar-refractivity contribution in [3.05, 3.63) is 64.2 Å². The van der Waals surface area contributed by atoms with E-state index in [0.29, 0.717) is 30.3 Å². The molecule has 0 saturated heterocycles. The number of rotatable bonds is 9. The predicted molar refractivity (Wildman–Crippen MR) is 118 cm³/mol. The molecular formula is C18H22F2IN5O3. The van der Waals surface area contributed by atoms with Gasteiger partial charge in [0.15, 0.2) is 5.96 Å². The van der Waals surface area contributed by atoms with Crippen LogP contribution in [0.15, 0.2) is 53.5 Å². The highest BCUT2D eigenvalue weighted by Gasteiger charge is 2.12. The van der Waals surface area contributed by atoms with Crippen molar-refractivity contribution in [3.63, 3.8) is 0 Å². The van der Waals surface area contributed by atoms with Crippen molar-refractivity contribution >= 4 is 41.3 Å². The summed E-state index contributed by atoms with van der Waals surface area (Å²) in [6, 6.07) is 12.8. The van der Waals surface area contributed by atoms with Crippen LogP contribution in [0, 0.1) is 10.1 Å². The molecule has 0 saturated carbocycles. The van der Waals surface area contributed by atoms with Crippen LogP contribution in [0.2, 0.25) is 0 Å². The Balaban J connectivity index is 0.00000420. The maximum atomic E-state index is 12.5. The van der Waals surface area contributed by atoms with E-state index in [0.717, 1.165) is 0 Å². The summed E-state index contributed by atoms with van der Waals surface area (Å²) in [7, 11) is 1.58. The van der Waals surface area contributed by atoms with Gasteiger partial charge in [0.05, 0.1) is 4.92 Å². The normalized spacial score (nSPS) is 10.8. The lowest BCUT2D eigenvalue weighted by molar-refractivity contribution is -0.384. The smallest absolute Gasteiger partial charge is 0.387 e. The third-order valence-electron chi connectivity index (χ3n) is 3.69. The van der Waals surface area contributed by atoms with Gasteiger partial charge < -0.3 is 20.7 Å². The molecule has 0 atom stereocenters. The van der Waals surface area contributed by atoms with E-state index in [-0.39, 0.29) is 42.0 Å². The summed E-state index contributed by atoms with van der Waals surface area (Å²) < 4.78 is 29.4. The number of nitro groups is 1. The first-order valence-corrected chi connectivity index (χ1v) is 8.45. The van der Waals surface area contributed by atoms with E-state index < -0.39 is 11.5 Å². The molecule has 0 unspecified atom stereocenters. The zero-order valence-corrected chi connectivity index (χ0v) is 17.9. The standard InChI is InChI=1S/C18H21F2N5O3.HI/c1-21-18(24-12-13-6-2-5-9-16(13)28-17(19)20)23-11-10-22-14-7-3-4-8-15(14)25(26)27;/h2-9,17,22H,10-12H2,1H3,(H2,21,23,24);1H. The van der Waals surface area contributed by atoms with Gasteiger partial charge in [-0.15, -0.1) is 24.0 Å². The molecule has 158 valence electrons. The van der Waals surface area contributed by atoms with Crippen molar-refractivity contribution in [3.8, 4) is 5.75 Å². The second kappa shape index (κ2) is 12.7. The summed E-state index contributed by atoms with van der Waals surface area (Å²) in [6.07, 6.45) is 0. The van der Waals surface area contributed by atoms with E-state index in [1.807, 2.05) is 0 Å². The van der Waals surface area contributed by atoms with E-state index >= 15 is 0 Å². The first kappa shape index (κ1) is 24.3. The van der Waals surface area contributed by atoms with Gasteiger partial charge in [-0.2, -0.15) is 8.78 Å². The molecule has 0 aliphatic carbocycles. The van der Waals surface area contributed by atoms with E-state index in [2.05, 4.69) is 25.7 Å². The van der Waals surface area contributed by atoms with Crippen molar-refractivity contribution in [1.29, 1.82) is 0 Å². The average Bonchev–Trinajstić information content (AvgIpc) is 2.68. The SMILES string of the molecule is CN=C(NCCNc1ccccc1[N+](=O)[O-])NCc1ccccc1OC(F)F.I. The van der Waals surface area contributed by atoms with E-state index in [4.69, 9.17) is 0 Å². The summed E-state index contributed by atoms with van der Waals surface area (Å²) >= 11 is 0. The number of para-hydroxylation sites is 3. The lowest BCUT2D eigenvalue weighted by atomic mass is 10.2. The van der Waals surface area contributed by atoms with E-state index in [9.17, 15) is 18.9 Å². The molecule has 8 nitrogen and oxygen atoms in total. The second-order valence-electron chi connectivity index (χ2n) is 5.54. The van der Waals surface area contributed by atoms with Gasteiger partial charge in [0, 0.05) is 38.3 Å². The summed E-state index contributed by atoms with van der Waals surface area (Å²) in [5.41, 5.74) is 0.986. The Morgan fingerprint density at radius 2 is 1.83 bits per heavy atom. The van der Waals surface area contributed by atoms with Crippen LogP contribution in [0.1, 0.15) is 5.56 Å². The predicted octanol–water partition coefficient (Wildman–Crippen LogP) is 3.59. The molecule has 2 rings (SSSR count). The molecule has 29 heavy (non-hydrogen) atoms. The number of hydrogen-bond donors (Lipinski definition) is 3. The first-order valence-electron chi connectivity index (χ1n) is 8.45. The van der Waals surface area contributed by atoms with Gasteiger partial charge >= 0.3 is 6.61 Å². The lowest BCUT2D eigenvalue weighted by Gasteiger charge is -2.15. The Kier molecular flexibility index (Phi) is 10.7. The fourth-order valence-corrected chi connectivity index (χ4v) is 2.42. The minimum Gasteiger partial charge on any atom is -0.434 e. The molecule has 0 radical (unpaired) electrons. The maximum Gasteiger partial charge on any atom is 0.387 e. The fourth-order valence-electron chi connectivity index (χ4n) is 2.42. The van der Waals surface area contributed by atoms with Crippen molar-refractivity contribution in [2.45, 2.75) is 13.2 Å². The van der Waals surface area contributed by atoms with E-state index in [1.54, 1.807) is 43.4 Å². The van der Waals surface area contributed by atoms with Crippen LogP contribution >= 0.6 is 24.0 Å². The number of halogens is 3. The first-order chi connectivity index (χ1) is 13.5. The number of alkyl halides is 2. The molecule has 0 amide bonds. The molecule has 0 fully saturated rings. The van der Waals surface area contributed by atoms with Crippen LogP contribution in [0.4, 0.5) is 20.2 Å². The molecule has 3 N–H and O–H groups in total. The number of nitrogens with zero attached hydrogens (tertiary/aromatic N) is 2. The van der Waals surface area contributed by atoms with Crippen LogP contribution in [0.25, 0.3) is 0 Å². The molecule has 0 spiro atoms. The van der Waals surface area contributed by atoms with E-state index in [1.165, 1.54) is 12.1 Å². The monoisotopic (exact) mass is 521 g/mol. The number of anilines is 1. The number of guanidine groups is 1. The summed E-state index contributed by atoms with van der Waals surface area (Å²) in [5, 5.41) is 20.0. The summed E-state index contributed by atoms with van der Waals surface area (Å²) in [4.78, 5) is 14.6.